The SMILES string of the molecule is CCN(C(=N)N(c1cccc(C)c1)C(C)C)c1cccc2ccccc12. The molecule has 0 aliphatic carbocycles. The molecule has 0 atom stereocenters. The van der Waals surface area contributed by atoms with Crippen molar-refractivity contribution in [3.05, 3.63) is 72.3 Å². The van der Waals surface area contributed by atoms with Gasteiger partial charge in [0.05, 0.1) is 5.69 Å². The third-order valence-corrected chi connectivity index (χ3v) is 4.65. The predicted octanol–water partition coefficient (Wildman–Crippen LogP) is 5.82. The van der Waals surface area contributed by atoms with E-state index in [1.807, 2.05) is 0 Å². The van der Waals surface area contributed by atoms with Crippen LogP contribution in [0.4, 0.5) is 11.4 Å². The molecule has 0 unspecified atom stereocenters. The van der Waals surface area contributed by atoms with Gasteiger partial charge >= 0.3 is 0 Å². The van der Waals surface area contributed by atoms with Gasteiger partial charge in [-0.05, 0) is 56.8 Å². The Balaban J connectivity index is 2.06. The molecule has 0 saturated carbocycles. The molecule has 134 valence electrons. The van der Waals surface area contributed by atoms with Crippen LogP contribution in [-0.2, 0) is 0 Å². The first kappa shape index (κ1) is 18.0. The summed E-state index contributed by atoms with van der Waals surface area (Å²) in [5.74, 6) is 0.504. The largest absolute Gasteiger partial charge is 0.312 e. The Morgan fingerprint density at radius 1 is 0.962 bits per heavy atom. The number of aryl methyl sites for hydroxylation is 1. The summed E-state index contributed by atoms with van der Waals surface area (Å²) in [4.78, 5) is 4.18. The second-order valence-electron chi connectivity index (χ2n) is 6.87. The lowest BCUT2D eigenvalue weighted by Gasteiger charge is -2.36. The highest BCUT2D eigenvalue weighted by Gasteiger charge is 2.22. The van der Waals surface area contributed by atoms with Crippen LogP contribution in [0.5, 0.6) is 0 Å². The van der Waals surface area contributed by atoms with E-state index in [1.54, 1.807) is 0 Å². The van der Waals surface area contributed by atoms with E-state index in [4.69, 9.17) is 5.41 Å². The molecule has 3 nitrogen and oxygen atoms in total. The number of nitrogens with one attached hydrogen (secondary N) is 1. The van der Waals surface area contributed by atoms with E-state index >= 15 is 0 Å². The highest BCUT2D eigenvalue weighted by atomic mass is 15.4. The smallest absolute Gasteiger partial charge is 0.203 e. The summed E-state index contributed by atoms with van der Waals surface area (Å²) < 4.78 is 0. The molecule has 3 rings (SSSR count). The summed E-state index contributed by atoms with van der Waals surface area (Å²) in [5, 5.41) is 11.4. The van der Waals surface area contributed by atoms with Crippen molar-refractivity contribution in [2.24, 2.45) is 0 Å². The molecular formula is C23H27N3. The van der Waals surface area contributed by atoms with Gasteiger partial charge < -0.3 is 9.80 Å². The summed E-state index contributed by atoms with van der Waals surface area (Å²) in [5.41, 5.74) is 3.34. The lowest BCUT2D eigenvalue weighted by Crippen LogP contribution is -2.47. The summed E-state index contributed by atoms with van der Waals surface area (Å²) >= 11 is 0. The fourth-order valence-corrected chi connectivity index (χ4v) is 3.45. The number of anilines is 2. The van der Waals surface area contributed by atoms with Crippen LogP contribution in [-0.4, -0.2) is 18.5 Å². The average molecular weight is 345 g/mol. The Morgan fingerprint density at radius 2 is 1.65 bits per heavy atom. The molecular weight excluding hydrogens is 318 g/mol. The highest BCUT2D eigenvalue weighted by molar-refractivity contribution is 6.10. The van der Waals surface area contributed by atoms with E-state index in [1.165, 1.54) is 16.3 Å². The third-order valence-electron chi connectivity index (χ3n) is 4.65. The first-order valence-electron chi connectivity index (χ1n) is 9.22. The number of hydrogen-bond donors (Lipinski definition) is 1. The molecule has 0 aromatic heterocycles. The Morgan fingerprint density at radius 3 is 2.35 bits per heavy atom. The van der Waals surface area contributed by atoms with E-state index in [0.29, 0.717) is 5.96 Å². The van der Waals surface area contributed by atoms with Crippen molar-refractivity contribution in [1.82, 2.24) is 0 Å². The monoisotopic (exact) mass is 345 g/mol. The number of rotatable bonds is 4. The first-order valence-corrected chi connectivity index (χ1v) is 9.22. The maximum atomic E-state index is 9.01. The lowest BCUT2D eigenvalue weighted by atomic mass is 10.1. The molecule has 0 heterocycles. The van der Waals surface area contributed by atoms with Crippen LogP contribution >= 0.6 is 0 Å². The minimum absolute atomic E-state index is 0.188. The second-order valence-corrected chi connectivity index (χ2v) is 6.87. The van der Waals surface area contributed by atoms with Crippen LogP contribution in [0.1, 0.15) is 26.3 Å². The van der Waals surface area contributed by atoms with Gasteiger partial charge in [0, 0.05) is 23.7 Å². The average Bonchev–Trinajstić information content (AvgIpc) is 2.62. The topological polar surface area (TPSA) is 30.3 Å². The van der Waals surface area contributed by atoms with Gasteiger partial charge in [-0.3, -0.25) is 5.41 Å². The van der Waals surface area contributed by atoms with Gasteiger partial charge in [-0.25, -0.2) is 0 Å². The number of benzene rings is 3. The molecule has 0 spiro atoms. The normalized spacial score (nSPS) is 11.0. The first-order chi connectivity index (χ1) is 12.5. The molecule has 26 heavy (non-hydrogen) atoms. The van der Waals surface area contributed by atoms with Crippen molar-refractivity contribution in [2.75, 3.05) is 16.3 Å². The Bertz CT molecular complexity index is 909. The van der Waals surface area contributed by atoms with Crippen LogP contribution in [0.25, 0.3) is 10.8 Å². The van der Waals surface area contributed by atoms with Crippen molar-refractivity contribution < 1.29 is 0 Å². The number of hydrogen-bond acceptors (Lipinski definition) is 1. The molecule has 0 fully saturated rings. The minimum Gasteiger partial charge on any atom is -0.312 e. The summed E-state index contributed by atoms with van der Waals surface area (Å²) in [7, 11) is 0. The molecule has 0 saturated heterocycles. The van der Waals surface area contributed by atoms with Crippen molar-refractivity contribution >= 4 is 28.1 Å². The lowest BCUT2D eigenvalue weighted by molar-refractivity contribution is 0.787. The molecule has 3 aromatic rings. The van der Waals surface area contributed by atoms with Crippen molar-refractivity contribution in [1.29, 1.82) is 5.41 Å². The number of nitrogens with zero attached hydrogens (tertiary/aromatic N) is 2. The zero-order valence-corrected chi connectivity index (χ0v) is 16.0. The van der Waals surface area contributed by atoms with Crippen molar-refractivity contribution in [3.63, 3.8) is 0 Å². The summed E-state index contributed by atoms with van der Waals surface area (Å²) in [6.45, 7) is 9.20. The van der Waals surface area contributed by atoms with Crippen LogP contribution in [0.15, 0.2) is 66.7 Å². The van der Waals surface area contributed by atoms with E-state index in [2.05, 4.69) is 104 Å². The molecule has 1 N–H and O–H groups in total. The van der Waals surface area contributed by atoms with E-state index in [-0.39, 0.29) is 6.04 Å². The van der Waals surface area contributed by atoms with Crippen molar-refractivity contribution in [2.45, 2.75) is 33.7 Å². The molecule has 0 radical (unpaired) electrons. The van der Waals surface area contributed by atoms with Crippen LogP contribution in [0.2, 0.25) is 0 Å². The van der Waals surface area contributed by atoms with Gasteiger partial charge in [0.2, 0.25) is 5.96 Å². The van der Waals surface area contributed by atoms with Gasteiger partial charge in [0.25, 0.3) is 0 Å². The Kier molecular flexibility index (Phi) is 5.27. The van der Waals surface area contributed by atoms with E-state index in [0.717, 1.165) is 17.9 Å². The van der Waals surface area contributed by atoms with Crippen molar-refractivity contribution in [3.8, 4) is 0 Å². The van der Waals surface area contributed by atoms with Crippen LogP contribution in [0.3, 0.4) is 0 Å². The predicted molar refractivity (Wildman–Crippen MR) is 113 cm³/mol. The molecule has 3 heteroatoms. The maximum Gasteiger partial charge on any atom is 0.203 e. The van der Waals surface area contributed by atoms with Gasteiger partial charge in [-0.15, -0.1) is 0 Å². The maximum absolute atomic E-state index is 9.01. The van der Waals surface area contributed by atoms with Gasteiger partial charge in [-0.2, -0.15) is 0 Å². The molecule has 0 amide bonds. The van der Waals surface area contributed by atoms with Crippen LogP contribution in [0, 0.1) is 12.3 Å². The third kappa shape index (κ3) is 3.43. The van der Waals surface area contributed by atoms with Gasteiger partial charge in [-0.1, -0.05) is 48.5 Å². The molecule has 0 bridgehead atoms. The van der Waals surface area contributed by atoms with Crippen LogP contribution < -0.4 is 9.80 Å². The highest BCUT2D eigenvalue weighted by Crippen LogP contribution is 2.29. The molecule has 0 aliphatic heterocycles. The Hall–Kier alpha value is -2.81. The Labute approximate surface area is 156 Å². The zero-order chi connectivity index (χ0) is 18.7. The zero-order valence-electron chi connectivity index (χ0n) is 16.0. The van der Waals surface area contributed by atoms with Gasteiger partial charge in [0.15, 0.2) is 0 Å². The fraction of sp³-hybridized carbons (Fsp3) is 0.261. The molecule has 0 aliphatic rings. The number of guanidine groups is 1. The summed E-state index contributed by atoms with van der Waals surface area (Å²) in [6, 6.07) is 23.2. The van der Waals surface area contributed by atoms with E-state index < -0.39 is 0 Å². The van der Waals surface area contributed by atoms with E-state index in [9.17, 15) is 0 Å². The summed E-state index contributed by atoms with van der Waals surface area (Å²) in [6.07, 6.45) is 0. The molecule has 3 aromatic carbocycles. The number of fused-ring (bicyclic) bond motifs is 1. The minimum atomic E-state index is 0.188. The standard InChI is InChI=1S/C23H27N3/c1-5-25(22-15-9-12-19-11-6-7-14-21(19)22)23(24)26(17(2)3)20-13-8-10-18(4)16-20/h6-17,24H,5H2,1-4H3. The quantitative estimate of drug-likeness (QED) is 0.477. The fourth-order valence-electron chi connectivity index (χ4n) is 3.45. The second kappa shape index (κ2) is 7.61. The van der Waals surface area contributed by atoms with Gasteiger partial charge in [0.1, 0.15) is 0 Å².